The summed E-state index contributed by atoms with van der Waals surface area (Å²) in [6, 6.07) is 7.62. The van der Waals surface area contributed by atoms with Crippen molar-refractivity contribution in [1.29, 1.82) is 0 Å². The number of amides is 1. The van der Waals surface area contributed by atoms with Gasteiger partial charge in [-0.05, 0) is 38.1 Å². The summed E-state index contributed by atoms with van der Waals surface area (Å²) in [6.45, 7) is 4.51. The van der Waals surface area contributed by atoms with E-state index < -0.39 is 0 Å². The average Bonchev–Trinajstić information content (AvgIpc) is 3.23. The van der Waals surface area contributed by atoms with E-state index in [4.69, 9.17) is 4.74 Å². The van der Waals surface area contributed by atoms with Crippen molar-refractivity contribution in [3.63, 3.8) is 0 Å². The van der Waals surface area contributed by atoms with Crippen molar-refractivity contribution < 1.29 is 9.53 Å². The lowest BCUT2D eigenvalue weighted by Gasteiger charge is -2.00. The molecule has 3 heterocycles. The molecule has 0 radical (unpaired) electrons. The van der Waals surface area contributed by atoms with E-state index in [0.29, 0.717) is 16.6 Å². The normalized spacial score (nSPS) is 11.3. The molecule has 8 heteroatoms. The molecule has 1 amide bonds. The zero-order valence-electron chi connectivity index (χ0n) is 14.0. The first-order chi connectivity index (χ1) is 12.0. The number of thiazole rings is 1. The fourth-order valence-corrected chi connectivity index (χ4v) is 4.60. The number of benzene rings is 1. The lowest BCUT2D eigenvalue weighted by molar-refractivity contribution is 0.103. The maximum atomic E-state index is 12.6. The highest BCUT2D eigenvalue weighted by Crippen LogP contribution is 2.31. The second-order valence-corrected chi connectivity index (χ2v) is 7.64. The summed E-state index contributed by atoms with van der Waals surface area (Å²) in [6.07, 6.45) is 0. The summed E-state index contributed by atoms with van der Waals surface area (Å²) in [5.41, 5.74) is 1.77. The zero-order chi connectivity index (χ0) is 17.6. The Bertz CT molecular complexity index is 1060. The largest absolute Gasteiger partial charge is 0.494 e. The molecular formula is C17H16N4O2S2. The second kappa shape index (κ2) is 6.12. The number of hydrogen-bond donors (Lipinski definition) is 1. The molecule has 0 fully saturated rings. The van der Waals surface area contributed by atoms with E-state index in [-0.39, 0.29) is 5.91 Å². The number of thiophene rings is 1. The van der Waals surface area contributed by atoms with Gasteiger partial charge >= 0.3 is 0 Å². The number of fused-ring (bicyclic) bond motifs is 2. The SMILES string of the molecule is CCOc1ccc2nc(NC(=O)c3cc4c(C)nn(C)c4s3)sc2c1. The lowest BCUT2D eigenvalue weighted by atomic mass is 10.3. The summed E-state index contributed by atoms with van der Waals surface area (Å²) in [5.74, 6) is 0.661. The van der Waals surface area contributed by atoms with Gasteiger partial charge in [0.05, 0.1) is 27.4 Å². The lowest BCUT2D eigenvalue weighted by Crippen LogP contribution is -2.09. The molecular weight excluding hydrogens is 356 g/mol. The Morgan fingerprint density at radius 1 is 1.32 bits per heavy atom. The molecule has 0 aliphatic rings. The Balaban J connectivity index is 1.60. The van der Waals surface area contributed by atoms with Crippen molar-refractivity contribution in [3.8, 4) is 5.75 Å². The molecule has 0 atom stereocenters. The molecule has 0 aliphatic carbocycles. The fourth-order valence-electron chi connectivity index (χ4n) is 2.69. The van der Waals surface area contributed by atoms with Gasteiger partial charge in [-0.1, -0.05) is 11.3 Å². The van der Waals surface area contributed by atoms with Gasteiger partial charge in [0.1, 0.15) is 10.6 Å². The van der Waals surface area contributed by atoms with Gasteiger partial charge in [-0.25, -0.2) is 4.98 Å². The smallest absolute Gasteiger partial charge is 0.267 e. The summed E-state index contributed by atoms with van der Waals surface area (Å²) < 4.78 is 8.29. The molecule has 0 bridgehead atoms. The minimum atomic E-state index is -0.148. The van der Waals surface area contributed by atoms with Crippen LogP contribution in [0.15, 0.2) is 24.3 Å². The molecule has 0 aliphatic heterocycles. The summed E-state index contributed by atoms with van der Waals surface area (Å²) >= 11 is 2.87. The van der Waals surface area contributed by atoms with Crippen LogP contribution in [0, 0.1) is 6.92 Å². The van der Waals surface area contributed by atoms with E-state index in [1.165, 1.54) is 22.7 Å². The Labute approximate surface area is 152 Å². The van der Waals surface area contributed by atoms with Crippen molar-refractivity contribution in [2.75, 3.05) is 11.9 Å². The first kappa shape index (κ1) is 16.0. The quantitative estimate of drug-likeness (QED) is 0.583. The van der Waals surface area contributed by atoms with Crippen molar-refractivity contribution in [2.45, 2.75) is 13.8 Å². The third kappa shape index (κ3) is 2.87. The number of aryl methyl sites for hydroxylation is 2. The van der Waals surface area contributed by atoms with E-state index in [1.807, 2.05) is 45.2 Å². The van der Waals surface area contributed by atoms with E-state index in [0.717, 1.165) is 31.9 Å². The molecule has 0 unspecified atom stereocenters. The van der Waals surface area contributed by atoms with Crippen LogP contribution in [0.4, 0.5) is 5.13 Å². The van der Waals surface area contributed by atoms with Gasteiger partial charge in [0.25, 0.3) is 5.91 Å². The van der Waals surface area contributed by atoms with Crippen molar-refractivity contribution in [2.24, 2.45) is 7.05 Å². The molecule has 0 saturated heterocycles. The first-order valence-corrected chi connectivity index (χ1v) is 9.46. The van der Waals surface area contributed by atoms with Crippen molar-refractivity contribution >= 4 is 54.1 Å². The molecule has 1 aromatic carbocycles. The second-order valence-electron chi connectivity index (χ2n) is 5.57. The minimum Gasteiger partial charge on any atom is -0.494 e. The molecule has 4 rings (SSSR count). The Hall–Kier alpha value is -2.45. The molecule has 0 spiro atoms. The molecule has 128 valence electrons. The Morgan fingerprint density at radius 2 is 2.16 bits per heavy atom. The van der Waals surface area contributed by atoms with Crippen LogP contribution in [0.3, 0.4) is 0 Å². The fraction of sp³-hybridized carbons (Fsp3) is 0.235. The van der Waals surface area contributed by atoms with Gasteiger partial charge in [0.2, 0.25) is 0 Å². The molecule has 3 aromatic heterocycles. The van der Waals surface area contributed by atoms with Crippen LogP contribution >= 0.6 is 22.7 Å². The van der Waals surface area contributed by atoms with Crippen LogP contribution in [0.1, 0.15) is 22.3 Å². The van der Waals surface area contributed by atoms with Gasteiger partial charge in [0, 0.05) is 12.4 Å². The van der Waals surface area contributed by atoms with Crippen molar-refractivity contribution in [3.05, 3.63) is 34.8 Å². The topological polar surface area (TPSA) is 69.0 Å². The number of nitrogens with zero attached hydrogens (tertiary/aromatic N) is 3. The third-order valence-corrected chi connectivity index (χ3v) is 5.95. The van der Waals surface area contributed by atoms with Crippen LogP contribution in [-0.4, -0.2) is 27.3 Å². The summed E-state index contributed by atoms with van der Waals surface area (Å²) in [5, 5.41) is 8.86. The van der Waals surface area contributed by atoms with E-state index in [1.54, 1.807) is 4.68 Å². The van der Waals surface area contributed by atoms with Crippen LogP contribution in [-0.2, 0) is 7.05 Å². The average molecular weight is 372 g/mol. The standard InChI is InChI=1S/C17H16N4O2S2/c1-4-23-10-5-6-12-13(7-10)25-17(18-12)19-15(22)14-8-11-9(2)20-21(3)16(11)24-14/h5-8H,4H2,1-3H3,(H,18,19,22). The Kier molecular flexibility index (Phi) is 3.93. The van der Waals surface area contributed by atoms with Crippen LogP contribution in [0.2, 0.25) is 0 Å². The molecule has 0 saturated carbocycles. The van der Waals surface area contributed by atoms with E-state index in [2.05, 4.69) is 15.4 Å². The van der Waals surface area contributed by atoms with Crippen LogP contribution < -0.4 is 10.1 Å². The predicted molar refractivity (Wildman–Crippen MR) is 102 cm³/mol. The molecule has 1 N–H and O–H groups in total. The van der Waals surface area contributed by atoms with Crippen LogP contribution in [0.5, 0.6) is 5.75 Å². The maximum absolute atomic E-state index is 12.6. The van der Waals surface area contributed by atoms with Gasteiger partial charge in [-0.15, -0.1) is 11.3 Å². The number of carbonyl (C=O) groups excluding carboxylic acids is 1. The van der Waals surface area contributed by atoms with Gasteiger partial charge in [-0.2, -0.15) is 5.10 Å². The number of rotatable bonds is 4. The summed E-state index contributed by atoms with van der Waals surface area (Å²) in [7, 11) is 1.89. The van der Waals surface area contributed by atoms with Gasteiger partial charge < -0.3 is 4.74 Å². The van der Waals surface area contributed by atoms with Crippen LogP contribution in [0.25, 0.3) is 20.4 Å². The van der Waals surface area contributed by atoms with E-state index >= 15 is 0 Å². The van der Waals surface area contributed by atoms with Gasteiger partial charge in [0.15, 0.2) is 5.13 Å². The number of anilines is 1. The molecule has 25 heavy (non-hydrogen) atoms. The third-order valence-electron chi connectivity index (χ3n) is 3.81. The monoisotopic (exact) mass is 372 g/mol. The van der Waals surface area contributed by atoms with E-state index in [9.17, 15) is 4.79 Å². The Morgan fingerprint density at radius 3 is 2.92 bits per heavy atom. The highest BCUT2D eigenvalue weighted by atomic mass is 32.1. The number of hydrogen-bond acceptors (Lipinski definition) is 6. The first-order valence-electron chi connectivity index (χ1n) is 7.83. The minimum absolute atomic E-state index is 0.148. The van der Waals surface area contributed by atoms with Crippen molar-refractivity contribution in [1.82, 2.24) is 14.8 Å². The highest BCUT2D eigenvalue weighted by Gasteiger charge is 2.16. The van der Waals surface area contributed by atoms with Gasteiger partial charge in [-0.3, -0.25) is 14.8 Å². The maximum Gasteiger partial charge on any atom is 0.267 e. The summed E-state index contributed by atoms with van der Waals surface area (Å²) in [4.78, 5) is 18.7. The highest BCUT2D eigenvalue weighted by molar-refractivity contribution is 7.23. The number of aromatic nitrogens is 3. The zero-order valence-corrected chi connectivity index (χ0v) is 15.6. The molecule has 4 aromatic rings. The predicted octanol–water partition coefficient (Wildman–Crippen LogP) is 4.20. The molecule has 6 nitrogen and oxygen atoms in total. The number of carbonyl (C=O) groups is 1. The number of nitrogens with one attached hydrogen (secondary N) is 1. The number of ether oxygens (including phenoxy) is 1.